The Morgan fingerprint density at radius 1 is 0.944 bits per heavy atom. The van der Waals surface area contributed by atoms with Crippen LogP contribution >= 0.6 is 11.6 Å². The molecule has 0 radical (unpaired) electrons. The molecule has 4 rings (SSSR count). The van der Waals surface area contributed by atoms with Crippen LogP contribution in [0.5, 0.6) is 0 Å². The molecule has 192 valence electrons. The van der Waals surface area contributed by atoms with Crippen molar-refractivity contribution in [3.05, 3.63) is 101 Å². The third kappa shape index (κ3) is 6.75. The summed E-state index contributed by atoms with van der Waals surface area (Å²) < 4.78 is 27.8. The molecule has 1 N–H and O–H groups in total. The minimum absolute atomic E-state index is 0.0137. The molecule has 1 aliphatic heterocycles. The Hall–Kier alpha value is -2.22. The zero-order valence-corrected chi connectivity index (χ0v) is 22.3. The number of rotatable bonds is 10. The van der Waals surface area contributed by atoms with E-state index in [-0.39, 0.29) is 11.8 Å². The van der Waals surface area contributed by atoms with Crippen LogP contribution in [0.15, 0.2) is 89.8 Å². The highest BCUT2D eigenvalue weighted by Gasteiger charge is 2.28. The van der Waals surface area contributed by atoms with Gasteiger partial charge in [-0.05, 0) is 86.1 Å². The third-order valence-electron chi connectivity index (χ3n) is 7.26. The Bertz CT molecular complexity index is 1200. The number of hydrogen-bond acceptors (Lipinski definition) is 4. The molecule has 36 heavy (non-hydrogen) atoms. The minimum atomic E-state index is -3.58. The van der Waals surface area contributed by atoms with Crippen LogP contribution in [0.4, 0.5) is 0 Å². The molecule has 3 aromatic rings. The second-order valence-electron chi connectivity index (χ2n) is 9.67. The first-order chi connectivity index (χ1) is 17.3. The van der Waals surface area contributed by atoms with Crippen LogP contribution in [0.25, 0.3) is 0 Å². The van der Waals surface area contributed by atoms with E-state index in [1.807, 2.05) is 60.7 Å². The van der Waals surface area contributed by atoms with Gasteiger partial charge in [0, 0.05) is 18.6 Å². The van der Waals surface area contributed by atoms with Gasteiger partial charge in [0.2, 0.25) is 10.0 Å². The lowest BCUT2D eigenvalue weighted by Gasteiger charge is -2.35. The molecule has 0 aromatic heterocycles. The second-order valence-corrected chi connectivity index (χ2v) is 12.2. The summed E-state index contributed by atoms with van der Waals surface area (Å²) in [5, 5.41) is 11.5. The van der Waals surface area contributed by atoms with Gasteiger partial charge in [-0.15, -0.1) is 0 Å². The van der Waals surface area contributed by atoms with Gasteiger partial charge in [0.15, 0.2) is 0 Å². The molecule has 0 bridgehead atoms. The number of halogens is 1. The van der Waals surface area contributed by atoms with Crippen LogP contribution in [0.2, 0.25) is 5.02 Å². The second kappa shape index (κ2) is 12.3. The average molecular weight is 527 g/mol. The van der Waals surface area contributed by atoms with Crippen molar-refractivity contribution in [2.45, 2.75) is 36.2 Å². The van der Waals surface area contributed by atoms with E-state index in [9.17, 15) is 13.5 Å². The lowest BCUT2D eigenvalue weighted by molar-refractivity contribution is 0.0579. The van der Waals surface area contributed by atoms with Crippen molar-refractivity contribution in [1.82, 2.24) is 9.21 Å². The fourth-order valence-electron chi connectivity index (χ4n) is 5.06. The number of sulfonamides is 1. The summed E-state index contributed by atoms with van der Waals surface area (Å²) in [5.41, 5.74) is 2.03. The van der Waals surface area contributed by atoms with Crippen molar-refractivity contribution in [3.8, 4) is 0 Å². The topological polar surface area (TPSA) is 60.9 Å². The maximum atomic E-state index is 13.2. The number of aliphatic hydroxyl groups excluding tert-OH is 1. The average Bonchev–Trinajstić information content (AvgIpc) is 2.91. The molecule has 1 saturated heterocycles. The summed E-state index contributed by atoms with van der Waals surface area (Å²) in [6.45, 7) is 3.09. The van der Waals surface area contributed by atoms with Crippen molar-refractivity contribution in [3.63, 3.8) is 0 Å². The van der Waals surface area contributed by atoms with Crippen LogP contribution in [-0.4, -0.2) is 56.0 Å². The predicted molar refractivity (Wildman–Crippen MR) is 146 cm³/mol. The van der Waals surface area contributed by atoms with E-state index in [1.165, 1.54) is 4.31 Å². The predicted octanol–water partition coefficient (Wildman–Crippen LogP) is 5.58. The zero-order chi connectivity index (χ0) is 25.5. The van der Waals surface area contributed by atoms with E-state index >= 15 is 0 Å². The summed E-state index contributed by atoms with van der Waals surface area (Å²) in [4.78, 5) is 2.73. The number of likely N-dealkylation sites (N-methyl/N-ethyl adjacent to an activating group) is 1. The fraction of sp³-hybridized carbons (Fsp3) is 0.379. The highest BCUT2D eigenvalue weighted by Crippen LogP contribution is 2.32. The molecule has 2 atom stereocenters. The molecule has 5 nitrogen and oxygen atoms in total. The van der Waals surface area contributed by atoms with Crippen LogP contribution < -0.4 is 0 Å². The van der Waals surface area contributed by atoms with Gasteiger partial charge in [-0.1, -0.05) is 72.3 Å². The van der Waals surface area contributed by atoms with E-state index in [0.29, 0.717) is 16.5 Å². The monoisotopic (exact) mass is 526 g/mol. The fourth-order valence-corrected chi connectivity index (χ4v) is 6.49. The molecular weight excluding hydrogens is 492 g/mol. The lowest BCUT2D eigenvalue weighted by atomic mass is 9.87. The third-order valence-corrected chi connectivity index (χ3v) is 9.34. The summed E-state index contributed by atoms with van der Waals surface area (Å²) >= 11 is 6.29. The van der Waals surface area contributed by atoms with Gasteiger partial charge in [-0.2, -0.15) is 0 Å². The Morgan fingerprint density at radius 2 is 1.56 bits per heavy atom. The number of nitrogens with zero attached hydrogens (tertiary/aromatic N) is 2. The maximum absolute atomic E-state index is 13.2. The molecule has 1 heterocycles. The normalized spacial score (nSPS) is 17.2. The van der Waals surface area contributed by atoms with E-state index in [2.05, 4.69) is 4.90 Å². The molecule has 1 fully saturated rings. The van der Waals surface area contributed by atoms with Gasteiger partial charge in [0.25, 0.3) is 0 Å². The van der Waals surface area contributed by atoms with E-state index < -0.39 is 16.1 Å². The summed E-state index contributed by atoms with van der Waals surface area (Å²) in [6.07, 6.45) is 2.28. The van der Waals surface area contributed by atoms with Crippen LogP contribution in [0.1, 0.15) is 42.4 Å². The Balaban J connectivity index is 1.39. The standard InChI is InChI=1S/C29H35ClN2O3S/c1-31(36(34,35)28-13-6-3-7-14-28)22-26(25-11-8-12-27(30)21-25)17-20-32-18-15-24(16-19-32)29(33)23-9-4-2-5-10-23/h2-14,21,24,26,29,33H,15-20,22H2,1H3/t26-,29?/m1/s1. The molecule has 7 heteroatoms. The molecule has 0 saturated carbocycles. The summed E-state index contributed by atoms with van der Waals surface area (Å²) in [6, 6.07) is 26.2. The van der Waals surface area contributed by atoms with Gasteiger partial charge in [0.1, 0.15) is 0 Å². The molecule has 0 aliphatic carbocycles. The smallest absolute Gasteiger partial charge is 0.242 e. The molecule has 1 aliphatic rings. The number of aliphatic hydroxyl groups is 1. The van der Waals surface area contributed by atoms with Gasteiger partial charge < -0.3 is 10.0 Å². The van der Waals surface area contributed by atoms with Crippen molar-refractivity contribution in [1.29, 1.82) is 0 Å². The largest absolute Gasteiger partial charge is 0.388 e. The van der Waals surface area contributed by atoms with Gasteiger partial charge in [-0.3, -0.25) is 0 Å². The number of hydrogen-bond donors (Lipinski definition) is 1. The Kier molecular flexibility index (Phi) is 9.20. The number of piperidine rings is 1. The molecule has 0 spiro atoms. The van der Waals surface area contributed by atoms with E-state index in [1.54, 1.807) is 31.3 Å². The van der Waals surface area contributed by atoms with Crippen molar-refractivity contribution in [2.24, 2.45) is 5.92 Å². The lowest BCUT2D eigenvalue weighted by Crippen LogP contribution is -2.38. The molecule has 1 unspecified atom stereocenters. The van der Waals surface area contributed by atoms with Crippen molar-refractivity contribution >= 4 is 21.6 Å². The van der Waals surface area contributed by atoms with Crippen LogP contribution in [0.3, 0.4) is 0 Å². The highest BCUT2D eigenvalue weighted by molar-refractivity contribution is 7.89. The minimum Gasteiger partial charge on any atom is -0.388 e. The quantitative estimate of drug-likeness (QED) is 0.374. The first-order valence-corrected chi connectivity index (χ1v) is 14.4. The van der Waals surface area contributed by atoms with Gasteiger partial charge in [-0.25, -0.2) is 12.7 Å². The molecule has 3 aromatic carbocycles. The van der Waals surface area contributed by atoms with Gasteiger partial charge >= 0.3 is 0 Å². The summed E-state index contributed by atoms with van der Waals surface area (Å²) in [5.74, 6) is 0.273. The first kappa shape index (κ1) is 26.8. The zero-order valence-electron chi connectivity index (χ0n) is 20.7. The van der Waals surface area contributed by atoms with E-state index in [4.69, 9.17) is 11.6 Å². The van der Waals surface area contributed by atoms with Gasteiger partial charge in [0.05, 0.1) is 11.0 Å². The highest BCUT2D eigenvalue weighted by atomic mass is 35.5. The first-order valence-electron chi connectivity index (χ1n) is 12.6. The maximum Gasteiger partial charge on any atom is 0.242 e. The van der Waals surface area contributed by atoms with Crippen molar-refractivity contribution in [2.75, 3.05) is 33.2 Å². The Labute approximate surface area is 220 Å². The Morgan fingerprint density at radius 3 is 2.19 bits per heavy atom. The number of likely N-dealkylation sites (tertiary alicyclic amines) is 1. The molecular formula is C29H35ClN2O3S. The van der Waals surface area contributed by atoms with Crippen LogP contribution in [0, 0.1) is 5.92 Å². The van der Waals surface area contributed by atoms with E-state index in [0.717, 1.165) is 50.0 Å². The summed E-state index contributed by atoms with van der Waals surface area (Å²) in [7, 11) is -1.93. The molecule has 0 amide bonds. The van der Waals surface area contributed by atoms with Crippen molar-refractivity contribution < 1.29 is 13.5 Å². The number of benzene rings is 3. The van der Waals surface area contributed by atoms with Crippen LogP contribution in [-0.2, 0) is 10.0 Å². The SMILES string of the molecule is CN(C[C@@H](CCN1CCC(C(O)c2ccccc2)CC1)c1cccc(Cl)c1)S(=O)(=O)c1ccccc1.